The summed E-state index contributed by atoms with van der Waals surface area (Å²) in [6.07, 6.45) is 1.85. The van der Waals surface area contributed by atoms with E-state index in [2.05, 4.69) is 5.32 Å². The van der Waals surface area contributed by atoms with Gasteiger partial charge in [-0.05, 0) is 17.5 Å². The third kappa shape index (κ3) is 4.19. The first-order chi connectivity index (χ1) is 13.0. The topological polar surface area (TPSA) is 99.9 Å². The molecule has 0 atom stereocenters. The zero-order chi connectivity index (χ0) is 19.4. The van der Waals surface area contributed by atoms with Crippen molar-refractivity contribution in [1.29, 1.82) is 0 Å². The molecular weight excluding hydrogens is 348 g/mol. The van der Waals surface area contributed by atoms with E-state index in [1.165, 1.54) is 6.07 Å². The molecule has 1 aliphatic rings. The monoisotopic (exact) mass is 370 g/mol. The minimum atomic E-state index is -1.12. The second kappa shape index (κ2) is 8.07. The predicted octanol–water partition coefficient (Wildman–Crippen LogP) is 2.59. The van der Waals surface area contributed by atoms with Gasteiger partial charge in [0, 0.05) is 38.5 Å². The van der Waals surface area contributed by atoms with Crippen LogP contribution in [0.15, 0.2) is 34.7 Å². The van der Waals surface area contributed by atoms with Gasteiger partial charge in [0.15, 0.2) is 5.76 Å². The van der Waals surface area contributed by atoms with Crippen LogP contribution >= 0.6 is 0 Å². The van der Waals surface area contributed by atoms with Gasteiger partial charge >= 0.3 is 5.97 Å². The largest absolute Gasteiger partial charge is 0.478 e. The Morgan fingerprint density at radius 2 is 2.00 bits per heavy atom. The molecule has 0 bridgehead atoms. The van der Waals surface area contributed by atoms with Gasteiger partial charge in [-0.3, -0.25) is 9.59 Å². The molecule has 2 amide bonds. The van der Waals surface area contributed by atoms with Crippen molar-refractivity contribution in [3.8, 4) is 0 Å². The summed E-state index contributed by atoms with van der Waals surface area (Å²) in [6, 6.07) is 8.88. The van der Waals surface area contributed by atoms with Crippen molar-refractivity contribution in [2.24, 2.45) is 0 Å². The van der Waals surface area contributed by atoms with E-state index in [0.29, 0.717) is 19.4 Å². The number of nitrogens with zero attached hydrogens (tertiary/aromatic N) is 1. The fraction of sp³-hybridized carbons (Fsp3) is 0.350. The molecule has 3 rings (SSSR count). The van der Waals surface area contributed by atoms with E-state index in [-0.39, 0.29) is 29.5 Å². The van der Waals surface area contributed by atoms with Crippen LogP contribution in [0.4, 0.5) is 0 Å². The lowest BCUT2D eigenvalue weighted by Crippen LogP contribution is -2.26. The lowest BCUT2D eigenvalue weighted by Gasteiger charge is -2.18. The van der Waals surface area contributed by atoms with Crippen LogP contribution in [0.25, 0.3) is 0 Å². The number of aromatic carboxylic acids is 1. The summed E-state index contributed by atoms with van der Waals surface area (Å²) in [5.74, 6) is -1.17. The van der Waals surface area contributed by atoms with Gasteiger partial charge in [-0.25, -0.2) is 4.79 Å². The van der Waals surface area contributed by atoms with E-state index in [9.17, 15) is 14.4 Å². The van der Waals surface area contributed by atoms with Gasteiger partial charge in [-0.2, -0.15) is 0 Å². The van der Waals surface area contributed by atoms with Crippen LogP contribution in [0.1, 0.15) is 57.6 Å². The highest BCUT2D eigenvalue weighted by molar-refractivity contribution is 5.96. The maximum atomic E-state index is 12.4. The Morgan fingerprint density at radius 3 is 2.59 bits per heavy atom. The SMILES string of the molecule is CCc1oc(C(=O)NCc2ccccc2CN2CCCC2=O)cc1C(=O)O. The maximum Gasteiger partial charge on any atom is 0.339 e. The quantitative estimate of drug-likeness (QED) is 0.780. The number of hydrogen-bond acceptors (Lipinski definition) is 4. The minimum absolute atomic E-state index is 0.00981. The molecule has 142 valence electrons. The van der Waals surface area contributed by atoms with Crippen molar-refractivity contribution in [3.05, 3.63) is 58.5 Å². The highest BCUT2D eigenvalue weighted by atomic mass is 16.4. The van der Waals surface area contributed by atoms with Crippen molar-refractivity contribution >= 4 is 17.8 Å². The highest BCUT2D eigenvalue weighted by Gasteiger charge is 2.22. The van der Waals surface area contributed by atoms with Crippen LogP contribution in [0.5, 0.6) is 0 Å². The summed E-state index contributed by atoms with van der Waals surface area (Å²) in [6.45, 7) is 3.31. The fourth-order valence-electron chi connectivity index (χ4n) is 3.21. The van der Waals surface area contributed by atoms with E-state index in [1.807, 2.05) is 29.2 Å². The summed E-state index contributed by atoms with van der Waals surface area (Å²) in [7, 11) is 0. The minimum Gasteiger partial charge on any atom is -0.478 e. The molecule has 2 aromatic rings. The van der Waals surface area contributed by atoms with Crippen LogP contribution in [0.2, 0.25) is 0 Å². The summed E-state index contributed by atoms with van der Waals surface area (Å²) < 4.78 is 5.38. The molecule has 1 fully saturated rings. The molecule has 0 aliphatic carbocycles. The molecule has 7 heteroatoms. The first-order valence-electron chi connectivity index (χ1n) is 8.98. The number of aryl methyl sites for hydroxylation is 1. The maximum absolute atomic E-state index is 12.4. The number of carbonyl (C=O) groups excluding carboxylic acids is 2. The third-order valence-electron chi connectivity index (χ3n) is 4.67. The molecule has 1 aromatic carbocycles. The number of hydrogen-bond donors (Lipinski definition) is 2. The van der Waals surface area contributed by atoms with Crippen LogP contribution in [0, 0.1) is 0 Å². The van der Waals surface area contributed by atoms with Gasteiger partial charge in [0.25, 0.3) is 5.91 Å². The van der Waals surface area contributed by atoms with Crippen molar-refractivity contribution in [3.63, 3.8) is 0 Å². The molecule has 2 N–H and O–H groups in total. The van der Waals surface area contributed by atoms with Crippen LogP contribution in [-0.2, 0) is 24.3 Å². The number of likely N-dealkylation sites (tertiary alicyclic amines) is 1. The Morgan fingerprint density at radius 1 is 1.26 bits per heavy atom. The van der Waals surface area contributed by atoms with E-state index in [1.54, 1.807) is 6.92 Å². The van der Waals surface area contributed by atoms with Gasteiger partial charge in [0.2, 0.25) is 5.91 Å². The summed E-state index contributed by atoms with van der Waals surface area (Å²) in [4.78, 5) is 37.2. The van der Waals surface area contributed by atoms with Crippen molar-refractivity contribution in [1.82, 2.24) is 10.2 Å². The van der Waals surface area contributed by atoms with Crippen LogP contribution in [0.3, 0.4) is 0 Å². The molecule has 27 heavy (non-hydrogen) atoms. The molecule has 7 nitrogen and oxygen atoms in total. The lowest BCUT2D eigenvalue weighted by molar-refractivity contribution is -0.128. The Kier molecular flexibility index (Phi) is 5.59. The van der Waals surface area contributed by atoms with Gasteiger partial charge in [0.05, 0.1) is 0 Å². The Bertz CT molecular complexity index is 871. The Balaban J connectivity index is 1.69. The smallest absolute Gasteiger partial charge is 0.339 e. The van der Waals surface area contributed by atoms with Crippen LogP contribution < -0.4 is 5.32 Å². The number of rotatable bonds is 7. The molecule has 1 saturated heterocycles. The molecule has 0 radical (unpaired) electrons. The average Bonchev–Trinajstić information content (AvgIpc) is 3.27. The summed E-state index contributed by atoms with van der Waals surface area (Å²) in [5, 5.41) is 11.9. The van der Waals surface area contributed by atoms with Crippen molar-refractivity contribution < 1.29 is 23.9 Å². The summed E-state index contributed by atoms with van der Waals surface area (Å²) >= 11 is 0. The second-order valence-corrected chi connectivity index (χ2v) is 6.48. The number of carboxylic acid groups (broad SMARTS) is 1. The van der Waals surface area contributed by atoms with Gasteiger partial charge < -0.3 is 19.7 Å². The second-order valence-electron chi connectivity index (χ2n) is 6.48. The third-order valence-corrected chi connectivity index (χ3v) is 4.67. The lowest BCUT2D eigenvalue weighted by atomic mass is 10.1. The normalized spacial score (nSPS) is 13.8. The zero-order valence-corrected chi connectivity index (χ0v) is 15.2. The van der Waals surface area contributed by atoms with Crippen LogP contribution in [-0.4, -0.2) is 34.3 Å². The Hall–Kier alpha value is -3.09. The van der Waals surface area contributed by atoms with Gasteiger partial charge in [-0.15, -0.1) is 0 Å². The first kappa shape index (κ1) is 18.7. The molecule has 2 heterocycles. The molecule has 0 spiro atoms. The van der Waals surface area contributed by atoms with Crippen molar-refractivity contribution in [2.75, 3.05) is 6.54 Å². The van der Waals surface area contributed by atoms with E-state index < -0.39 is 11.9 Å². The average molecular weight is 370 g/mol. The highest BCUT2D eigenvalue weighted by Crippen LogP contribution is 2.19. The number of furan rings is 1. The van der Waals surface area contributed by atoms with Crippen molar-refractivity contribution in [2.45, 2.75) is 39.3 Å². The first-order valence-corrected chi connectivity index (χ1v) is 8.98. The number of carbonyl (C=O) groups is 3. The standard InChI is InChI=1S/C20H22N2O5/c1-2-16-15(20(25)26)10-17(27-16)19(24)21-11-13-6-3-4-7-14(13)12-22-9-5-8-18(22)23/h3-4,6-7,10H,2,5,8-9,11-12H2,1H3,(H,21,24)(H,25,26). The fourth-order valence-corrected chi connectivity index (χ4v) is 3.21. The predicted molar refractivity (Wildman–Crippen MR) is 97.3 cm³/mol. The van der Waals surface area contributed by atoms with Gasteiger partial charge in [-0.1, -0.05) is 31.2 Å². The molecule has 0 saturated carbocycles. The number of carboxylic acids is 1. The van der Waals surface area contributed by atoms with E-state index in [0.717, 1.165) is 24.1 Å². The molecule has 1 aliphatic heterocycles. The zero-order valence-electron chi connectivity index (χ0n) is 15.2. The number of benzene rings is 1. The number of amides is 2. The number of nitrogens with one attached hydrogen (secondary N) is 1. The molecular formula is C20H22N2O5. The van der Waals surface area contributed by atoms with Gasteiger partial charge in [0.1, 0.15) is 11.3 Å². The summed E-state index contributed by atoms with van der Waals surface area (Å²) in [5.41, 5.74) is 1.90. The molecule has 1 aromatic heterocycles. The van der Waals surface area contributed by atoms with E-state index in [4.69, 9.17) is 9.52 Å². The molecule has 0 unspecified atom stereocenters. The van der Waals surface area contributed by atoms with E-state index >= 15 is 0 Å². The Labute approximate surface area is 157 Å².